The molecule has 0 aromatic carbocycles. The Kier molecular flexibility index (Phi) is 2.52. The predicted octanol–water partition coefficient (Wildman–Crippen LogP) is 2.23. The molecule has 0 aliphatic heterocycles. The SMILES string of the molecule is Cc1cnc(C2CCCCC2)nn1. The zero-order valence-electron chi connectivity index (χ0n) is 8.03. The molecule has 0 N–H and O–H groups in total. The van der Waals surface area contributed by atoms with Gasteiger partial charge in [0.1, 0.15) is 0 Å². The third-order valence-electron chi connectivity index (χ3n) is 2.66. The quantitative estimate of drug-likeness (QED) is 0.660. The fraction of sp³-hybridized carbons (Fsp3) is 0.700. The first-order valence-electron chi connectivity index (χ1n) is 5.02. The summed E-state index contributed by atoms with van der Waals surface area (Å²) >= 11 is 0. The van der Waals surface area contributed by atoms with Gasteiger partial charge >= 0.3 is 0 Å². The van der Waals surface area contributed by atoms with Crippen molar-refractivity contribution in [1.82, 2.24) is 15.2 Å². The fourth-order valence-corrected chi connectivity index (χ4v) is 1.89. The number of aromatic nitrogens is 3. The third-order valence-corrected chi connectivity index (χ3v) is 2.66. The summed E-state index contributed by atoms with van der Waals surface area (Å²) in [4.78, 5) is 4.33. The molecule has 1 heterocycles. The van der Waals surface area contributed by atoms with Gasteiger partial charge in [0.15, 0.2) is 5.82 Å². The van der Waals surface area contributed by atoms with Crippen molar-refractivity contribution in [3.05, 3.63) is 17.7 Å². The smallest absolute Gasteiger partial charge is 0.153 e. The zero-order chi connectivity index (χ0) is 9.10. The van der Waals surface area contributed by atoms with Crippen molar-refractivity contribution >= 4 is 0 Å². The molecule has 1 aromatic heterocycles. The van der Waals surface area contributed by atoms with Crippen LogP contribution in [0, 0.1) is 6.92 Å². The van der Waals surface area contributed by atoms with E-state index in [1.54, 1.807) is 0 Å². The van der Waals surface area contributed by atoms with Crippen molar-refractivity contribution in [1.29, 1.82) is 0 Å². The Labute approximate surface area is 78.6 Å². The van der Waals surface area contributed by atoms with Crippen LogP contribution in [0.2, 0.25) is 0 Å². The summed E-state index contributed by atoms with van der Waals surface area (Å²) in [6.45, 7) is 1.92. The molecule has 1 aliphatic rings. The molecule has 0 amide bonds. The van der Waals surface area contributed by atoms with Gasteiger partial charge in [0, 0.05) is 5.92 Å². The van der Waals surface area contributed by atoms with E-state index in [0.29, 0.717) is 5.92 Å². The van der Waals surface area contributed by atoms with Crippen molar-refractivity contribution in [2.45, 2.75) is 44.9 Å². The van der Waals surface area contributed by atoms with Gasteiger partial charge in [-0.1, -0.05) is 19.3 Å². The molecule has 70 valence electrons. The first-order valence-corrected chi connectivity index (χ1v) is 5.02. The minimum absolute atomic E-state index is 0.571. The van der Waals surface area contributed by atoms with E-state index in [2.05, 4.69) is 15.2 Å². The third kappa shape index (κ3) is 2.02. The van der Waals surface area contributed by atoms with Crippen LogP contribution in [-0.4, -0.2) is 15.2 Å². The largest absolute Gasteiger partial charge is 0.237 e. The molecule has 3 heteroatoms. The summed E-state index contributed by atoms with van der Waals surface area (Å²) in [5, 5.41) is 8.18. The van der Waals surface area contributed by atoms with Gasteiger partial charge in [-0.2, -0.15) is 5.10 Å². The van der Waals surface area contributed by atoms with E-state index < -0.39 is 0 Å². The molecular weight excluding hydrogens is 162 g/mol. The second-order valence-electron chi connectivity index (χ2n) is 3.79. The van der Waals surface area contributed by atoms with E-state index in [-0.39, 0.29) is 0 Å². The summed E-state index contributed by atoms with van der Waals surface area (Å²) in [5.74, 6) is 1.52. The highest BCUT2D eigenvalue weighted by molar-refractivity contribution is 4.98. The van der Waals surface area contributed by atoms with Crippen LogP contribution in [0.25, 0.3) is 0 Å². The van der Waals surface area contributed by atoms with Crippen LogP contribution in [0.5, 0.6) is 0 Å². The lowest BCUT2D eigenvalue weighted by molar-refractivity contribution is 0.424. The Morgan fingerprint density at radius 1 is 1.15 bits per heavy atom. The van der Waals surface area contributed by atoms with Crippen LogP contribution in [-0.2, 0) is 0 Å². The molecule has 0 radical (unpaired) electrons. The van der Waals surface area contributed by atoms with Gasteiger partial charge in [0.05, 0.1) is 11.9 Å². The van der Waals surface area contributed by atoms with Gasteiger partial charge < -0.3 is 0 Å². The van der Waals surface area contributed by atoms with E-state index in [9.17, 15) is 0 Å². The van der Waals surface area contributed by atoms with Crippen LogP contribution in [0.1, 0.15) is 49.5 Å². The average Bonchev–Trinajstić information content (AvgIpc) is 2.20. The first-order chi connectivity index (χ1) is 6.36. The Hall–Kier alpha value is -0.990. The molecule has 0 spiro atoms. The van der Waals surface area contributed by atoms with Crippen molar-refractivity contribution in [2.75, 3.05) is 0 Å². The van der Waals surface area contributed by atoms with E-state index in [4.69, 9.17) is 0 Å². The van der Waals surface area contributed by atoms with Gasteiger partial charge in [-0.15, -0.1) is 5.10 Å². The zero-order valence-corrected chi connectivity index (χ0v) is 8.03. The van der Waals surface area contributed by atoms with Gasteiger partial charge in [-0.3, -0.25) is 0 Å². The molecule has 13 heavy (non-hydrogen) atoms. The average molecular weight is 177 g/mol. The number of hydrogen-bond acceptors (Lipinski definition) is 3. The summed E-state index contributed by atoms with van der Waals surface area (Å²) in [5.41, 5.74) is 0.902. The molecule has 0 saturated heterocycles. The lowest BCUT2D eigenvalue weighted by Crippen LogP contribution is -2.09. The van der Waals surface area contributed by atoms with Crippen LogP contribution in [0.4, 0.5) is 0 Å². The topological polar surface area (TPSA) is 38.7 Å². The number of rotatable bonds is 1. The summed E-state index contributed by atoms with van der Waals surface area (Å²) in [7, 11) is 0. The maximum atomic E-state index is 4.33. The second kappa shape index (κ2) is 3.81. The van der Waals surface area contributed by atoms with E-state index in [1.807, 2.05) is 13.1 Å². The fourth-order valence-electron chi connectivity index (χ4n) is 1.89. The van der Waals surface area contributed by atoms with Crippen LogP contribution in [0.15, 0.2) is 6.20 Å². The first kappa shape index (κ1) is 8.60. The molecule has 0 unspecified atom stereocenters. The van der Waals surface area contributed by atoms with Crippen LogP contribution < -0.4 is 0 Å². The minimum atomic E-state index is 0.571. The highest BCUT2D eigenvalue weighted by Gasteiger charge is 2.17. The maximum Gasteiger partial charge on any atom is 0.153 e. The normalized spacial score (nSPS) is 18.8. The molecule has 2 rings (SSSR count). The molecule has 3 nitrogen and oxygen atoms in total. The lowest BCUT2D eigenvalue weighted by atomic mass is 9.89. The van der Waals surface area contributed by atoms with Gasteiger partial charge in [0.2, 0.25) is 0 Å². The lowest BCUT2D eigenvalue weighted by Gasteiger charge is -2.19. The van der Waals surface area contributed by atoms with Gasteiger partial charge in [-0.25, -0.2) is 4.98 Å². The standard InChI is InChI=1S/C10H15N3/c1-8-7-11-10(13-12-8)9-5-3-2-4-6-9/h7,9H,2-6H2,1H3. The minimum Gasteiger partial charge on any atom is -0.237 e. The number of hydrogen-bond donors (Lipinski definition) is 0. The summed E-state index contributed by atoms with van der Waals surface area (Å²) in [6.07, 6.45) is 8.31. The summed E-state index contributed by atoms with van der Waals surface area (Å²) in [6, 6.07) is 0. The second-order valence-corrected chi connectivity index (χ2v) is 3.79. The number of aryl methyl sites for hydroxylation is 1. The van der Waals surface area contributed by atoms with E-state index >= 15 is 0 Å². The Bertz CT molecular complexity index is 262. The molecule has 1 aliphatic carbocycles. The predicted molar refractivity (Wildman–Crippen MR) is 50.4 cm³/mol. The van der Waals surface area contributed by atoms with E-state index in [0.717, 1.165) is 11.5 Å². The van der Waals surface area contributed by atoms with Gasteiger partial charge in [-0.05, 0) is 19.8 Å². The molecule has 0 atom stereocenters. The van der Waals surface area contributed by atoms with Crippen LogP contribution in [0.3, 0.4) is 0 Å². The molecule has 1 aromatic rings. The van der Waals surface area contributed by atoms with Gasteiger partial charge in [0.25, 0.3) is 0 Å². The Morgan fingerprint density at radius 2 is 1.92 bits per heavy atom. The molecular formula is C10H15N3. The Balaban J connectivity index is 2.10. The highest BCUT2D eigenvalue weighted by Crippen LogP contribution is 2.29. The van der Waals surface area contributed by atoms with Crippen molar-refractivity contribution in [3.8, 4) is 0 Å². The van der Waals surface area contributed by atoms with Crippen LogP contribution >= 0.6 is 0 Å². The molecule has 1 fully saturated rings. The molecule has 0 bridgehead atoms. The Morgan fingerprint density at radius 3 is 2.54 bits per heavy atom. The highest BCUT2D eigenvalue weighted by atomic mass is 15.2. The number of nitrogens with zero attached hydrogens (tertiary/aromatic N) is 3. The van der Waals surface area contributed by atoms with Crippen molar-refractivity contribution < 1.29 is 0 Å². The van der Waals surface area contributed by atoms with E-state index in [1.165, 1.54) is 32.1 Å². The monoisotopic (exact) mass is 177 g/mol. The maximum absolute atomic E-state index is 4.33. The molecule has 1 saturated carbocycles. The van der Waals surface area contributed by atoms with Crippen molar-refractivity contribution in [2.24, 2.45) is 0 Å². The summed E-state index contributed by atoms with van der Waals surface area (Å²) < 4.78 is 0. The van der Waals surface area contributed by atoms with Crippen molar-refractivity contribution in [3.63, 3.8) is 0 Å².